The summed E-state index contributed by atoms with van der Waals surface area (Å²) >= 11 is 5.88. The summed E-state index contributed by atoms with van der Waals surface area (Å²) in [5.74, 6) is 0.528. The standard InChI is InChI=1S/C21H23ClN2O3/c1-27-19-10-4-15(5-11-19)13-23-20(25)17-3-2-12-24(14-17)21(26)16-6-8-18(22)9-7-16/h4-11,17H,2-3,12-14H2,1H3,(H,23,25)/t17-/m0/s1. The SMILES string of the molecule is COc1ccc(CNC(=O)[C@H]2CCCN(C(=O)c3ccc(Cl)cc3)C2)cc1. The molecule has 1 saturated heterocycles. The molecule has 1 heterocycles. The van der Waals surface area contributed by atoms with E-state index in [1.54, 1.807) is 36.3 Å². The first kappa shape index (κ1) is 19.2. The van der Waals surface area contributed by atoms with E-state index in [2.05, 4.69) is 5.32 Å². The van der Waals surface area contributed by atoms with Crippen molar-refractivity contribution in [3.63, 3.8) is 0 Å². The van der Waals surface area contributed by atoms with Crippen LogP contribution in [0.2, 0.25) is 5.02 Å². The molecule has 6 heteroatoms. The highest BCUT2D eigenvalue weighted by Gasteiger charge is 2.28. The second-order valence-corrected chi connectivity index (χ2v) is 7.10. The maximum absolute atomic E-state index is 12.7. The Morgan fingerprint density at radius 3 is 2.52 bits per heavy atom. The second-order valence-electron chi connectivity index (χ2n) is 6.66. The van der Waals surface area contributed by atoms with Crippen molar-refractivity contribution >= 4 is 23.4 Å². The third kappa shape index (κ3) is 5.01. The van der Waals surface area contributed by atoms with E-state index in [-0.39, 0.29) is 17.7 Å². The van der Waals surface area contributed by atoms with Crippen molar-refractivity contribution in [2.75, 3.05) is 20.2 Å². The molecule has 0 bridgehead atoms. The zero-order chi connectivity index (χ0) is 19.2. The number of carbonyl (C=O) groups excluding carboxylic acids is 2. The number of rotatable bonds is 5. The molecule has 5 nitrogen and oxygen atoms in total. The minimum Gasteiger partial charge on any atom is -0.497 e. The largest absolute Gasteiger partial charge is 0.497 e. The van der Waals surface area contributed by atoms with Crippen molar-refractivity contribution < 1.29 is 14.3 Å². The van der Waals surface area contributed by atoms with Crippen LogP contribution in [0.3, 0.4) is 0 Å². The number of nitrogens with zero attached hydrogens (tertiary/aromatic N) is 1. The molecule has 2 aromatic rings. The van der Waals surface area contributed by atoms with Crippen LogP contribution in [-0.2, 0) is 11.3 Å². The Labute approximate surface area is 164 Å². The smallest absolute Gasteiger partial charge is 0.253 e. The first-order chi connectivity index (χ1) is 13.1. The number of likely N-dealkylation sites (tertiary alicyclic amines) is 1. The van der Waals surface area contributed by atoms with Gasteiger partial charge in [0.1, 0.15) is 5.75 Å². The van der Waals surface area contributed by atoms with Crippen molar-refractivity contribution in [2.24, 2.45) is 5.92 Å². The molecule has 2 aromatic carbocycles. The van der Waals surface area contributed by atoms with Crippen LogP contribution in [0.5, 0.6) is 5.75 Å². The molecule has 1 atom stereocenters. The molecule has 0 saturated carbocycles. The molecule has 0 aromatic heterocycles. The number of methoxy groups -OCH3 is 1. The summed E-state index contributed by atoms with van der Waals surface area (Å²) in [5.41, 5.74) is 1.60. The number of amides is 2. The average molecular weight is 387 g/mol. The minimum absolute atomic E-state index is 0.0144. The van der Waals surface area contributed by atoms with E-state index in [0.29, 0.717) is 30.2 Å². The summed E-state index contributed by atoms with van der Waals surface area (Å²) in [7, 11) is 1.62. The predicted molar refractivity (Wildman–Crippen MR) is 105 cm³/mol. The third-order valence-electron chi connectivity index (χ3n) is 4.80. The topological polar surface area (TPSA) is 58.6 Å². The van der Waals surface area contributed by atoms with Gasteiger partial charge < -0.3 is 15.0 Å². The zero-order valence-corrected chi connectivity index (χ0v) is 16.0. The minimum atomic E-state index is -0.187. The lowest BCUT2D eigenvalue weighted by Crippen LogP contribution is -2.45. The van der Waals surface area contributed by atoms with Gasteiger partial charge in [-0.2, -0.15) is 0 Å². The molecule has 0 unspecified atom stereocenters. The normalized spacial score (nSPS) is 16.7. The van der Waals surface area contributed by atoms with Crippen LogP contribution < -0.4 is 10.1 Å². The summed E-state index contributed by atoms with van der Waals surface area (Å²) in [6.07, 6.45) is 1.61. The Bertz CT molecular complexity index is 790. The third-order valence-corrected chi connectivity index (χ3v) is 5.05. The summed E-state index contributed by atoms with van der Waals surface area (Å²) in [5, 5.41) is 3.58. The average Bonchev–Trinajstić information content (AvgIpc) is 2.72. The Balaban J connectivity index is 1.55. The summed E-state index contributed by atoms with van der Waals surface area (Å²) in [4.78, 5) is 27.0. The highest BCUT2D eigenvalue weighted by atomic mass is 35.5. The quantitative estimate of drug-likeness (QED) is 0.855. The van der Waals surface area contributed by atoms with Crippen LogP contribution in [0.15, 0.2) is 48.5 Å². The molecule has 27 heavy (non-hydrogen) atoms. The van der Waals surface area contributed by atoms with Crippen molar-refractivity contribution in [3.05, 3.63) is 64.7 Å². The van der Waals surface area contributed by atoms with Crippen LogP contribution in [0, 0.1) is 5.92 Å². The van der Waals surface area contributed by atoms with Crippen LogP contribution in [0.4, 0.5) is 0 Å². The molecular weight excluding hydrogens is 364 g/mol. The van der Waals surface area contributed by atoms with Crippen LogP contribution in [-0.4, -0.2) is 36.9 Å². The van der Waals surface area contributed by atoms with E-state index in [1.165, 1.54) is 0 Å². The highest BCUT2D eigenvalue weighted by Crippen LogP contribution is 2.20. The Hall–Kier alpha value is -2.53. The zero-order valence-electron chi connectivity index (χ0n) is 15.3. The molecule has 0 aliphatic carbocycles. The lowest BCUT2D eigenvalue weighted by atomic mass is 9.96. The molecular formula is C21H23ClN2O3. The fraction of sp³-hybridized carbons (Fsp3) is 0.333. The van der Waals surface area contributed by atoms with Crippen molar-refractivity contribution in [1.82, 2.24) is 10.2 Å². The Morgan fingerprint density at radius 2 is 1.85 bits per heavy atom. The summed E-state index contributed by atoms with van der Waals surface area (Å²) < 4.78 is 5.14. The van der Waals surface area contributed by atoms with Crippen molar-refractivity contribution in [2.45, 2.75) is 19.4 Å². The molecule has 3 rings (SSSR count). The van der Waals surface area contributed by atoms with Gasteiger partial charge in [0, 0.05) is 30.2 Å². The van der Waals surface area contributed by atoms with Gasteiger partial charge in [-0.1, -0.05) is 23.7 Å². The number of hydrogen-bond acceptors (Lipinski definition) is 3. The predicted octanol–water partition coefficient (Wildman–Crippen LogP) is 3.52. The van der Waals surface area contributed by atoms with E-state index in [1.807, 2.05) is 24.3 Å². The molecule has 1 aliphatic rings. The van der Waals surface area contributed by atoms with E-state index in [9.17, 15) is 9.59 Å². The number of piperidine rings is 1. The van der Waals surface area contributed by atoms with E-state index >= 15 is 0 Å². The highest BCUT2D eigenvalue weighted by molar-refractivity contribution is 6.30. The lowest BCUT2D eigenvalue weighted by molar-refractivity contribution is -0.126. The molecule has 0 radical (unpaired) electrons. The number of benzene rings is 2. The van der Waals surface area contributed by atoms with Crippen LogP contribution >= 0.6 is 11.6 Å². The summed E-state index contributed by atoms with van der Waals surface area (Å²) in [6.45, 7) is 1.57. The van der Waals surface area contributed by atoms with Crippen molar-refractivity contribution in [1.29, 1.82) is 0 Å². The number of nitrogens with one attached hydrogen (secondary N) is 1. The van der Waals surface area contributed by atoms with Gasteiger partial charge in [0.25, 0.3) is 5.91 Å². The number of halogens is 1. The Morgan fingerprint density at radius 1 is 1.15 bits per heavy atom. The maximum Gasteiger partial charge on any atom is 0.253 e. The molecule has 1 N–H and O–H groups in total. The van der Waals surface area contributed by atoms with Gasteiger partial charge in [0.2, 0.25) is 5.91 Å². The fourth-order valence-electron chi connectivity index (χ4n) is 3.23. The molecule has 1 fully saturated rings. The molecule has 0 spiro atoms. The molecule has 1 aliphatic heterocycles. The van der Waals surface area contributed by atoms with Gasteiger partial charge in [0.05, 0.1) is 13.0 Å². The maximum atomic E-state index is 12.7. The van der Waals surface area contributed by atoms with Crippen molar-refractivity contribution in [3.8, 4) is 5.75 Å². The molecule has 142 valence electrons. The van der Waals surface area contributed by atoms with Gasteiger partial charge in [-0.3, -0.25) is 9.59 Å². The summed E-state index contributed by atoms with van der Waals surface area (Å²) in [6, 6.07) is 14.4. The van der Waals surface area contributed by atoms with Crippen LogP contribution in [0.25, 0.3) is 0 Å². The Kier molecular flexibility index (Phi) is 6.35. The second kappa shape index (κ2) is 8.91. The lowest BCUT2D eigenvalue weighted by Gasteiger charge is -2.32. The monoisotopic (exact) mass is 386 g/mol. The number of hydrogen-bond donors (Lipinski definition) is 1. The van der Waals surface area contributed by atoms with Crippen LogP contribution in [0.1, 0.15) is 28.8 Å². The van der Waals surface area contributed by atoms with Gasteiger partial charge in [-0.25, -0.2) is 0 Å². The van der Waals surface area contributed by atoms with Gasteiger partial charge in [-0.15, -0.1) is 0 Å². The van der Waals surface area contributed by atoms with Gasteiger partial charge >= 0.3 is 0 Å². The van der Waals surface area contributed by atoms with E-state index in [0.717, 1.165) is 24.2 Å². The number of ether oxygens (including phenoxy) is 1. The van der Waals surface area contributed by atoms with E-state index < -0.39 is 0 Å². The van der Waals surface area contributed by atoms with E-state index in [4.69, 9.17) is 16.3 Å². The first-order valence-corrected chi connectivity index (χ1v) is 9.40. The molecule has 2 amide bonds. The van der Waals surface area contributed by atoms with Gasteiger partial charge in [0.15, 0.2) is 0 Å². The number of carbonyl (C=O) groups is 2. The van der Waals surface area contributed by atoms with Gasteiger partial charge in [-0.05, 0) is 54.8 Å². The fourth-order valence-corrected chi connectivity index (χ4v) is 3.35. The first-order valence-electron chi connectivity index (χ1n) is 9.02.